The predicted octanol–water partition coefficient (Wildman–Crippen LogP) is 4.24. The third-order valence-electron chi connectivity index (χ3n) is 5.71. The Hall–Kier alpha value is -2.95. The van der Waals surface area contributed by atoms with Gasteiger partial charge < -0.3 is 5.32 Å². The molecule has 3 amide bonds. The summed E-state index contributed by atoms with van der Waals surface area (Å²) in [5.74, 6) is -0.754. The fraction of sp³-hybridized carbons (Fsp3) is 0.348. The van der Waals surface area contributed by atoms with Crippen LogP contribution in [0.5, 0.6) is 0 Å². The average molecular weight is 376 g/mol. The van der Waals surface area contributed by atoms with Crippen LogP contribution in [0.1, 0.15) is 47.2 Å². The zero-order valence-electron chi connectivity index (χ0n) is 16.2. The van der Waals surface area contributed by atoms with E-state index < -0.39 is 0 Å². The largest absolute Gasteiger partial charge is 0.322 e. The van der Waals surface area contributed by atoms with Gasteiger partial charge in [-0.05, 0) is 74.2 Å². The Labute approximate surface area is 164 Å². The van der Waals surface area contributed by atoms with Crippen LogP contribution in [0, 0.1) is 25.7 Å². The molecule has 1 N–H and O–H groups in total. The first kappa shape index (κ1) is 18.4. The van der Waals surface area contributed by atoms with Gasteiger partial charge in [0.05, 0.1) is 17.5 Å². The van der Waals surface area contributed by atoms with E-state index in [1.807, 2.05) is 32.0 Å². The molecule has 4 rings (SSSR count). The van der Waals surface area contributed by atoms with E-state index in [1.165, 1.54) is 4.90 Å². The van der Waals surface area contributed by atoms with E-state index in [1.54, 1.807) is 24.3 Å². The Kier molecular flexibility index (Phi) is 4.75. The van der Waals surface area contributed by atoms with Crippen molar-refractivity contribution >= 4 is 29.1 Å². The van der Waals surface area contributed by atoms with Gasteiger partial charge in [0.1, 0.15) is 0 Å². The molecule has 1 heterocycles. The van der Waals surface area contributed by atoms with Crippen LogP contribution in [0.25, 0.3) is 0 Å². The second-order valence-electron chi connectivity index (χ2n) is 7.89. The van der Waals surface area contributed by atoms with E-state index in [4.69, 9.17) is 0 Å². The molecule has 1 aliphatic carbocycles. The van der Waals surface area contributed by atoms with Gasteiger partial charge in [0.2, 0.25) is 11.8 Å². The molecule has 2 atom stereocenters. The van der Waals surface area contributed by atoms with Crippen LogP contribution < -0.4 is 10.2 Å². The molecule has 1 saturated carbocycles. The fourth-order valence-corrected chi connectivity index (χ4v) is 4.43. The molecule has 5 heteroatoms. The molecule has 28 heavy (non-hydrogen) atoms. The normalized spacial score (nSPS) is 21.6. The molecule has 0 radical (unpaired) electrons. The Morgan fingerprint density at radius 1 is 0.893 bits per heavy atom. The highest BCUT2D eigenvalue weighted by molar-refractivity contribution is 6.22. The predicted molar refractivity (Wildman–Crippen MR) is 108 cm³/mol. The van der Waals surface area contributed by atoms with Gasteiger partial charge in [0, 0.05) is 11.3 Å². The van der Waals surface area contributed by atoms with Crippen molar-refractivity contribution in [3.8, 4) is 0 Å². The van der Waals surface area contributed by atoms with Crippen molar-refractivity contribution in [2.24, 2.45) is 11.8 Å². The van der Waals surface area contributed by atoms with Gasteiger partial charge in [0.25, 0.3) is 5.91 Å². The van der Waals surface area contributed by atoms with E-state index in [2.05, 4.69) is 5.32 Å². The molecule has 2 unspecified atom stereocenters. The maximum atomic E-state index is 12.7. The number of anilines is 2. The van der Waals surface area contributed by atoms with Gasteiger partial charge in [-0.25, -0.2) is 0 Å². The monoisotopic (exact) mass is 376 g/mol. The summed E-state index contributed by atoms with van der Waals surface area (Å²) in [6.07, 6.45) is 3.60. The lowest BCUT2D eigenvalue weighted by Crippen LogP contribution is -2.30. The number of aryl methyl sites for hydroxylation is 2. The number of imide groups is 1. The molecule has 0 bridgehead atoms. The maximum Gasteiger partial charge on any atom is 0.255 e. The minimum Gasteiger partial charge on any atom is -0.322 e. The van der Waals surface area contributed by atoms with Crippen molar-refractivity contribution in [1.82, 2.24) is 0 Å². The highest BCUT2D eigenvalue weighted by atomic mass is 16.2. The molecular formula is C23H24N2O3. The zero-order chi connectivity index (χ0) is 19.8. The number of fused-ring (bicyclic) bond motifs is 1. The summed E-state index contributed by atoms with van der Waals surface area (Å²) >= 11 is 0. The first-order valence-electron chi connectivity index (χ1n) is 9.81. The number of carbonyl (C=O) groups is 3. The summed E-state index contributed by atoms with van der Waals surface area (Å²) in [4.78, 5) is 39.3. The summed E-state index contributed by atoms with van der Waals surface area (Å²) in [6, 6.07) is 12.6. The minimum atomic E-state index is -0.218. The van der Waals surface area contributed by atoms with E-state index in [0.29, 0.717) is 11.3 Å². The van der Waals surface area contributed by atoms with E-state index in [0.717, 1.165) is 42.5 Å². The molecule has 2 aromatic carbocycles. The number of benzene rings is 2. The molecule has 1 saturated heterocycles. The molecule has 2 fully saturated rings. The smallest absolute Gasteiger partial charge is 0.255 e. The lowest BCUT2D eigenvalue weighted by Gasteiger charge is -2.19. The number of carbonyl (C=O) groups excluding carboxylic acids is 3. The average Bonchev–Trinajstić information content (AvgIpc) is 2.92. The number of hydrogen-bond acceptors (Lipinski definition) is 3. The Balaban J connectivity index is 1.51. The number of nitrogens with zero attached hydrogens (tertiary/aromatic N) is 1. The Morgan fingerprint density at radius 3 is 1.96 bits per heavy atom. The van der Waals surface area contributed by atoms with Crippen molar-refractivity contribution in [1.29, 1.82) is 0 Å². The molecule has 0 spiro atoms. The third kappa shape index (κ3) is 3.33. The summed E-state index contributed by atoms with van der Waals surface area (Å²) in [7, 11) is 0. The summed E-state index contributed by atoms with van der Waals surface area (Å²) in [5.41, 5.74) is 3.95. The van der Waals surface area contributed by atoms with E-state index in [-0.39, 0.29) is 29.6 Å². The third-order valence-corrected chi connectivity index (χ3v) is 5.71. The summed E-state index contributed by atoms with van der Waals surface area (Å²) in [6.45, 7) is 3.97. The van der Waals surface area contributed by atoms with Crippen LogP contribution in [0.2, 0.25) is 0 Å². The minimum absolute atomic E-state index is 0.0952. The highest BCUT2D eigenvalue weighted by Gasteiger charge is 2.48. The first-order valence-corrected chi connectivity index (χ1v) is 9.81. The topological polar surface area (TPSA) is 66.5 Å². The molecule has 144 valence electrons. The summed E-state index contributed by atoms with van der Waals surface area (Å²) < 4.78 is 0. The standard InChI is InChI=1S/C23H24N2O3/c1-14-11-15(2)13-17(12-14)24-21(26)16-7-9-18(10-8-16)25-22(27)19-5-3-4-6-20(19)23(25)28/h7-13,19-20H,3-6H2,1-2H3,(H,24,26). The zero-order valence-corrected chi connectivity index (χ0v) is 16.2. The van der Waals surface area contributed by atoms with Crippen molar-refractivity contribution in [2.75, 3.05) is 10.2 Å². The Morgan fingerprint density at radius 2 is 1.43 bits per heavy atom. The van der Waals surface area contributed by atoms with Crippen LogP contribution in [-0.4, -0.2) is 17.7 Å². The van der Waals surface area contributed by atoms with Gasteiger partial charge in [-0.3, -0.25) is 19.3 Å². The molecule has 1 aliphatic heterocycles. The van der Waals surface area contributed by atoms with Gasteiger partial charge in [-0.15, -0.1) is 0 Å². The quantitative estimate of drug-likeness (QED) is 0.815. The number of amides is 3. The van der Waals surface area contributed by atoms with Crippen LogP contribution in [0.15, 0.2) is 42.5 Å². The molecule has 2 aromatic rings. The molecule has 5 nitrogen and oxygen atoms in total. The lowest BCUT2D eigenvalue weighted by molar-refractivity contribution is -0.122. The van der Waals surface area contributed by atoms with E-state index >= 15 is 0 Å². The second-order valence-corrected chi connectivity index (χ2v) is 7.89. The summed E-state index contributed by atoms with van der Waals surface area (Å²) in [5, 5.41) is 2.90. The van der Waals surface area contributed by atoms with Gasteiger partial charge in [0.15, 0.2) is 0 Å². The molecule has 0 aromatic heterocycles. The van der Waals surface area contributed by atoms with Crippen LogP contribution >= 0.6 is 0 Å². The molecular weight excluding hydrogens is 352 g/mol. The van der Waals surface area contributed by atoms with Crippen molar-refractivity contribution in [2.45, 2.75) is 39.5 Å². The Bertz CT molecular complexity index is 905. The molecule has 2 aliphatic rings. The van der Waals surface area contributed by atoms with Crippen LogP contribution in [0.4, 0.5) is 11.4 Å². The highest BCUT2D eigenvalue weighted by Crippen LogP contribution is 2.40. The number of nitrogens with one attached hydrogen (secondary N) is 1. The number of rotatable bonds is 3. The first-order chi connectivity index (χ1) is 13.4. The van der Waals surface area contributed by atoms with Crippen LogP contribution in [0.3, 0.4) is 0 Å². The lowest BCUT2D eigenvalue weighted by atomic mass is 9.81. The fourth-order valence-electron chi connectivity index (χ4n) is 4.43. The SMILES string of the molecule is Cc1cc(C)cc(NC(=O)c2ccc(N3C(=O)C4CCCCC4C3=O)cc2)c1. The van der Waals surface area contributed by atoms with Crippen molar-refractivity contribution < 1.29 is 14.4 Å². The van der Waals surface area contributed by atoms with Gasteiger partial charge >= 0.3 is 0 Å². The van der Waals surface area contributed by atoms with Gasteiger partial charge in [-0.1, -0.05) is 18.9 Å². The van der Waals surface area contributed by atoms with Crippen molar-refractivity contribution in [3.05, 3.63) is 59.2 Å². The van der Waals surface area contributed by atoms with Crippen LogP contribution in [-0.2, 0) is 9.59 Å². The maximum absolute atomic E-state index is 12.7. The number of hydrogen-bond donors (Lipinski definition) is 1. The van der Waals surface area contributed by atoms with Gasteiger partial charge in [-0.2, -0.15) is 0 Å². The van der Waals surface area contributed by atoms with E-state index in [9.17, 15) is 14.4 Å². The van der Waals surface area contributed by atoms with Crippen molar-refractivity contribution in [3.63, 3.8) is 0 Å². The second kappa shape index (κ2) is 7.23.